The number of esters is 1. The molecule has 0 spiro atoms. The van der Waals surface area contributed by atoms with Crippen LogP contribution < -0.4 is 5.63 Å². The van der Waals surface area contributed by atoms with E-state index in [1.54, 1.807) is 24.3 Å². The SMILES string of the molecule is CC(C)[C@H]1OC(=O)c2c1oc(=O)c1ccccc21. The highest BCUT2D eigenvalue weighted by molar-refractivity contribution is 6.06. The quantitative estimate of drug-likeness (QED) is 0.723. The van der Waals surface area contributed by atoms with E-state index < -0.39 is 17.7 Å². The molecule has 1 atom stereocenters. The minimum Gasteiger partial charge on any atom is -0.450 e. The Hall–Kier alpha value is -2.10. The summed E-state index contributed by atoms with van der Waals surface area (Å²) in [6, 6.07) is 6.93. The molecule has 3 rings (SSSR count). The molecule has 18 heavy (non-hydrogen) atoms. The lowest BCUT2D eigenvalue weighted by atomic mass is 10.0. The van der Waals surface area contributed by atoms with Crippen LogP contribution in [-0.4, -0.2) is 5.97 Å². The van der Waals surface area contributed by atoms with Crippen LogP contribution in [0.3, 0.4) is 0 Å². The normalized spacial score (nSPS) is 18.2. The molecule has 0 saturated carbocycles. The highest BCUT2D eigenvalue weighted by Gasteiger charge is 2.38. The second-order valence-corrected chi connectivity index (χ2v) is 4.74. The van der Waals surface area contributed by atoms with Crippen molar-refractivity contribution in [2.75, 3.05) is 0 Å². The summed E-state index contributed by atoms with van der Waals surface area (Å²) in [7, 11) is 0. The summed E-state index contributed by atoms with van der Waals surface area (Å²) in [5.41, 5.74) is -0.0304. The molecule has 1 aliphatic rings. The lowest BCUT2D eigenvalue weighted by Crippen LogP contribution is -2.08. The minimum absolute atomic E-state index is 0.0690. The first kappa shape index (κ1) is 11.0. The number of hydrogen-bond donors (Lipinski definition) is 0. The van der Waals surface area contributed by atoms with Gasteiger partial charge in [-0.3, -0.25) is 0 Å². The van der Waals surface area contributed by atoms with Crippen LogP contribution in [0.2, 0.25) is 0 Å². The molecule has 0 amide bonds. The Morgan fingerprint density at radius 1 is 1.11 bits per heavy atom. The first-order valence-electron chi connectivity index (χ1n) is 5.86. The third kappa shape index (κ3) is 1.38. The Kier molecular flexibility index (Phi) is 2.26. The van der Waals surface area contributed by atoms with Gasteiger partial charge in [0.1, 0.15) is 5.56 Å². The largest absolute Gasteiger partial charge is 0.450 e. The van der Waals surface area contributed by atoms with Crippen LogP contribution in [0.5, 0.6) is 0 Å². The predicted molar refractivity (Wildman–Crippen MR) is 65.5 cm³/mol. The van der Waals surface area contributed by atoms with E-state index in [2.05, 4.69) is 0 Å². The maximum Gasteiger partial charge on any atom is 0.344 e. The molecule has 1 aliphatic heterocycles. The number of ether oxygens (including phenoxy) is 1. The number of cyclic esters (lactones) is 1. The van der Waals surface area contributed by atoms with Gasteiger partial charge < -0.3 is 9.15 Å². The lowest BCUT2D eigenvalue weighted by Gasteiger charge is -2.12. The first-order valence-corrected chi connectivity index (χ1v) is 5.86. The van der Waals surface area contributed by atoms with E-state index >= 15 is 0 Å². The van der Waals surface area contributed by atoms with Crippen LogP contribution in [0, 0.1) is 5.92 Å². The highest BCUT2D eigenvalue weighted by Crippen LogP contribution is 2.37. The van der Waals surface area contributed by atoms with Gasteiger partial charge in [-0.15, -0.1) is 0 Å². The fourth-order valence-corrected chi connectivity index (χ4v) is 2.30. The van der Waals surface area contributed by atoms with Gasteiger partial charge >= 0.3 is 11.6 Å². The van der Waals surface area contributed by atoms with E-state index in [0.717, 1.165) is 0 Å². The monoisotopic (exact) mass is 244 g/mol. The molecule has 0 radical (unpaired) electrons. The third-order valence-electron chi connectivity index (χ3n) is 3.17. The van der Waals surface area contributed by atoms with Gasteiger partial charge in [-0.2, -0.15) is 0 Å². The molecule has 4 nitrogen and oxygen atoms in total. The van der Waals surface area contributed by atoms with E-state index in [1.807, 2.05) is 13.8 Å². The maximum atomic E-state index is 11.9. The summed E-state index contributed by atoms with van der Waals surface area (Å²) < 4.78 is 10.6. The number of carbonyl (C=O) groups is 1. The van der Waals surface area contributed by atoms with Crippen molar-refractivity contribution in [3.05, 3.63) is 46.0 Å². The number of fused-ring (bicyclic) bond motifs is 3. The molecule has 92 valence electrons. The van der Waals surface area contributed by atoms with E-state index in [4.69, 9.17) is 9.15 Å². The zero-order chi connectivity index (χ0) is 12.9. The zero-order valence-corrected chi connectivity index (χ0v) is 10.1. The Labute approximate surface area is 103 Å². The maximum absolute atomic E-state index is 11.9. The van der Waals surface area contributed by atoms with Crippen molar-refractivity contribution in [3.8, 4) is 0 Å². The van der Waals surface area contributed by atoms with Crippen molar-refractivity contribution in [1.29, 1.82) is 0 Å². The van der Waals surface area contributed by atoms with Gasteiger partial charge in [0.2, 0.25) is 0 Å². The number of carbonyl (C=O) groups excluding carboxylic acids is 1. The zero-order valence-electron chi connectivity index (χ0n) is 10.1. The van der Waals surface area contributed by atoms with Gasteiger partial charge in [-0.05, 0) is 12.0 Å². The van der Waals surface area contributed by atoms with Gasteiger partial charge in [0, 0.05) is 5.39 Å². The van der Waals surface area contributed by atoms with E-state index in [-0.39, 0.29) is 5.92 Å². The van der Waals surface area contributed by atoms with Gasteiger partial charge in [0.05, 0.1) is 5.39 Å². The molecule has 1 aromatic heterocycles. The van der Waals surface area contributed by atoms with Gasteiger partial charge in [0.15, 0.2) is 11.9 Å². The number of benzene rings is 1. The fourth-order valence-electron chi connectivity index (χ4n) is 2.30. The molecule has 1 aromatic carbocycles. The third-order valence-corrected chi connectivity index (χ3v) is 3.17. The second-order valence-electron chi connectivity index (χ2n) is 4.74. The average Bonchev–Trinajstić information content (AvgIpc) is 2.67. The molecule has 0 unspecified atom stereocenters. The molecule has 0 saturated heterocycles. The Morgan fingerprint density at radius 3 is 2.44 bits per heavy atom. The van der Waals surface area contributed by atoms with Gasteiger partial charge in [0.25, 0.3) is 0 Å². The summed E-state index contributed by atoms with van der Waals surface area (Å²) in [6.07, 6.45) is -0.468. The van der Waals surface area contributed by atoms with Gasteiger partial charge in [-0.1, -0.05) is 32.0 Å². The van der Waals surface area contributed by atoms with E-state index in [1.165, 1.54) is 0 Å². The molecule has 0 bridgehead atoms. The van der Waals surface area contributed by atoms with Crippen molar-refractivity contribution >= 4 is 16.7 Å². The smallest absolute Gasteiger partial charge is 0.344 e. The Morgan fingerprint density at radius 2 is 1.78 bits per heavy atom. The summed E-state index contributed by atoms with van der Waals surface area (Å²) in [4.78, 5) is 23.8. The number of hydrogen-bond acceptors (Lipinski definition) is 4. The Balaban J connectivity index is 2.41. The van der Waals surface area contributed by atoms with E-state index in [9.17, 15) is 9.59 Å². The highest BCUT2D eigenvalue weighted by atomic mass is 16.6. The number of rotatable bonds is 1. The van der Waals surface area contributed by atoms with Crippen LogP contribution >= 0.6 is 0 Å². The fraction of sp³-hybridized carbons (Fsp3) is 0.286. The van der Waals surface area contributed by atoms with Crippen molar-refractivity contribution in [3.63, 3.8) is 0 Å². The Bertz CT molecular complexity index is 696. The van der Waals surface area contributed by atoms with Gasteiger partial charge in [-0.25, -0.2) is 9.59 Å². The minimum atomic E-state index is -0.468. The molecule has 0 aliphatic carbocycles. The molecular weight excluding hydrogens is 232 g/mol. The summed E-state index contributed by atoms with van der Waals surface area (Å²) >= 11 is 0. The van der Waals surface area contributed by atoms with Crippen molar-refractivity contribution in [2.24, 2.45) is 5.92 Å². The summed E-state index contributed by atoms with van der Waals surface area (Å²) in [5, 5.41) is 1.02. The van der Waals surface area contributed by atoms with Crippen molar-refractivity contribution < 1.29 is 13.9 Å². The van der Waals surface area contributed by atoms with E-state index in [0.29, 0.717) is 22.1 Å². The second kappa shape index (κ2) is 3.70. The van der Waals surface area contributed by atoms with Crippen LogP contribution in [0.25, 0.3) is 10.8 Å². The van der Waals surface area contributed by atoms with Crippen LogP contribution in [0.1, 0.15) is 36.1 Å². The summed E-state index contributed by atoms with van der Waals surface area (Å²) in [6.45, 7) is 3.84. The summed E-state index contributed by atoms with van der Waals surface area (Å²) in [5.74, 6) is 0.0156. The molecule has 2 aromatic rings. The van der Waals surface area contributed by atoms with Crippen LogP contribution in [0.15, 0.2) is 33.5 Å². The standard InChI is InChI=1S/C14H12O4/c1-7(2)11-12-10(14(16)17-11)8-5-3-4-6-9(8)13(15)18-12/h3-7,11H,1-2H3/t11-/m1/s1. The molecule has 2 heterocycles. The first-order chi connectivity index (χ1) is 8.59. The van der Waals surface area contributed by atoms with Crippen molar-refractivity contribution in [1.82, 2.24) is 0 Å². The average molecular weight is 244 g/mol. The molecule has 4 heteroatoms. The van der Waals surface area contributed by atoms with Crippen LogP contribution in [-0.2, 0) is 4.74 Å². The van der Waals surface area contributed by atoms with Crippen molar-refractivity contribution in [2.45, 2.75) is 20.0 Å². The van der Waals surface area contributed by atoms with Crippen LogP contribution in [0.4, 0.5) is 0 Å². The molecule has 0 fully saturated rings. The molecule has 0 N–H and O–H groups in total. The molecular formula is C14H12O4. The topological polar surface area (TPSA) is 56.5 Å². The lowest BCUT2D eigenvalue weighted by molar-refractivity contribution is 0.0235. The predicted octanol–water partition coefficient (Wildman–Crippen LogP) is 2.66.